The molecule has 1 amide bonds. The van der Waals surface area contributed by atoms with E-state index in [1.807, 2.05) is 49.5 Å². The standard InChI is InChI=1S/C25H31N3O4S/c1-3-27-15-13-20-16-23(11-12-24(20)27)33(30,31)28-14-5-6-21(18-28)25(29)26-17-19-7-9-22(10-8-19)32-4-2/h7-13,15-16,21H,3-6,14,17-18H2,1-2H3,(H,26,29)/t21-/m0/s1. The van der Waals surface area contributed by atoms with E-state index < -0.39 is 10.0 Å². The van der Waals surface area contributed by atoms with Gasteiger partial charge in [-0.2, -0.15) is 4.31 Å². The molecule has 1 atom stereocenters. The molecule has 2 aromatic carbocycles. The quantitative estimate of drug-likeness (QED) is 0.545. The van der Waals surface area contributed by atoms with E-state index in [-0.39, 0.29) is 23.3 Å². The van der Waals surface area contributed by atoms with E-state index in [4.69, 9.17) is 4.74 Å². The second-order valence-electron chi connectivity index (χ2n) is 8.32. The van der Waals surface area contributed by atoms with Gasteiger partial charge in [0.1, 0.15) is 5.75 Å². The maximum atomic E-state index is 13.3. The van der Waals surface area contributed by atoms with Crippen LogP contribution in [0.5, 0.6) is 5.75 Å². The minimum atomic E-state index is -3.66. The fourth-order valence-electron chi connectivity index (χ4n) is 4.34. The average molecular weight is 470 g/mol. The second-order valence-corrected chi connectivity index (χ2v) is 10.3. The number of nitrogens with zero attached hydrogens (tertiary/aromatic N) is 2. The number of carbonyl (C=O) groups is 1. The number of aryl methyl sites for hydroxylation is 1. The summed E-state index contributed by atoms with van der Waals surface area (Å²) in [6.07, 6.45) is 3.31. The normalized spacial score (nSPS) is 17.2. The highest BCUT2D eigenvalue weighted by atomic mass is 32.2. The highest BCUT2D eigenvalue weighted by Gasteiger charge is 2.33. The topological polar surface area (TPSA) is 80.6 Å². The molecule has 0 spiro atoms. The van der Waals surface area contributed by atoms with E-state index in [1.165, 1.54) is 4.31 Å². The zero-order valence-corrected chi connectivity index (χ0v) is 20.0. The lowest BCUT2D eigenvalue weighted by Gasteiger charge is -2.31. The molecule has 0 bridgehead atoms. The Hall–Kier alpha value is -2.84. The highest BCUT2D eigenvalue weighted by Crippen LogP contribution is 2.27. The number of aromatic nitrogens is 1. The van der Waals surface area contributed by atoms with Crippen LogP contribution >= 0.6 is 0 Å². The van der Waals surface area contributed by atoms with Crippen LogP contribution in [0, 0.1) is 5.92 Å². The van der Waals surface area contributed by atoms with E-state index in [1.54, 1.807) is 12.1 Å². The fraction of sp³-hybridized carbons (Fsp3) is 0.400. The summed E-state index contributed by atoms with van der Waals surface area (Å²) in [7, 11) is -3.66. The number of fused-ring (bicyclic) bond motifs is 1. The van der Waals surface area contributed by atoms with Gasteiger partial charge >= 0.3 is 0 Å². The summed E-state index contributed by atoms with van der Waals surface area (Å²) in [4.78, 5) is 13.1. The summed E-state index contributed by atoms with van der Waals surface area (Å²) in [6.45, 7) is 6.46. The van der Waals surface area contributed by atoms with Gasteiger partial charge in [-0.05, 0) is 68.7 Å². The van der Waals surface area contributed by atoms with Crippen molar-refractivity contribution < 1.29 is 17.9 Å². The van der Waals surface area contributed by atoms with Gasteiger partial charge in [0, 0.05) is 43.3 Å². The van der Waals surface area contributed by atoms with Crippen molar-refractivity contribution in [1.29, 1.82) is 0 Å². The Kier molecular flexibility index (Phi) is 7.05. The number of ether oxygens (including phenoxy) is 1. The smallest absolute Gasteiger partial charge is 0.243 e. The summed E-state index contributed by atoms with van der Waals surface area (Å²) < 4.78 is 35.6. The Morgan fingerprint density at radius 2 is 1.91 bits per heavy atom. The summed E-state index contributed by atoms with van der Waals surface area (Å²) in [6, 6.07) is 14.8. The van der Waals surface area contributed by atoms with E-state index in [0.29, 0.717) is 32.5 Å². The van der Waals surface area contributed by atoms with Crippen molar-refractivity contribution in [3.05, 3.63) is 60.3 Å². The van der Waals surface area contributed by atoms with Gasteiger partial charge in [0.25, 0.3) is 0 Å². The largest absolute Gasteiger partial charge is 0.494 e. The van der Waals surface area contributed by atoms with Crippen LogP contribution in [-0.2, 0) is 27.9 Å². The SMILES string of the molecule is CCOc1ccc(CNC(=O)[C@H]2CCCN(S(=O)(=O)c3ccc4c(ccn4CC)c3)C2)cc1. The molecule has 3 aromatic rings. The molecule has 1 saturated heterocycles. The number of hydrogen-bond acceptors (Lipinski definition) is 4. The van der Waals surface area contributed by atoms with Crippen molar-refractivity contribution in [2.24, 2.45) is 5.92 Å². The van der Waals surface area contributed by atoms with Gasteiger partial charge in [0.15, 0.2) is 0 Å². The van der Waals surface area contributed by atoms with Crippen LogP contribution < -0.4 is 10.1 Å². The van der Waals surface area contributed by atoms with E-state index in [2.05, 4.69) is 16.8 Å². The van der Waals surface area contributed by atoms with Crippen LogP contribution in [0.2, 0.25) is 0 Å². The number of amides is 1. The number of hydrogen-bond donors (Lipinski definition) is 1. The molecule has 1 aliphatic rings. The lowest BCUT2D eigenvalue weighted by atomic mass is 9.99. The molecule has 0 saturated carbocycles. The van der Waals surface area contributed by atoms with Gasteiger partial charge in [-0.1, -0.05) is 12.1 Å². The van der Waals surface area contributed by atoms with Crippen molar-refractivity contribution >= 4 is 26.8 Å². The Morgan fingerprint density at radius 3 is 2.64 bits per heavy atom. The molecule has 0 unspecified atom stereocenters. The lowest BCUT2D eigenvalue weighted by Crippen LogP contribution is -2.45. The van der Waals surface area contributed by atoms with Gasteiger partial charge in [-0.25, -0.2) is 8.42 Å². The molecule has 4 rings (SSSR count). The van der Waals surface area contributed by atoms with Crippen LogP contribution in [0.1, 0.15) is 32.3 Å². The Bertz CT molecular complexity index is 1220. The molecule has 33 heavy (non-hydrogen) atoms. The molecule has 0 aliphatic carbocycles. The van der Waals surface area contributed by atoms with Crippen molar-refractivity contribution in [2.45, 2.75) is 44.7 Å². The Labute approximate surface area is 195 Å². The van der Waals surface area contributed by atoms with Crippen LogP contribution in [-0.4, -0.2) is 42.9 Å². The van der Waals surface area contributed by atoms with Gasteiger partial charge in [-0.3, -0.25) is 4.79 Å². The Morgan fingerprint density at radius 1 is 1.12 bits per heavy atom. The molecular weight excluding hydrogens is 438 g/mol. The molecule has 1 fully saturated rings. The summed E-state index contributed by atoms with van der Waals surface area (Å²) >= 11 is 0. The summed E-state index contributed by atoms with van der Waals surface area (Å²) in [5.74, 6) is 0.325. The van der Waals surface area contributed by atoms with Crippen LogP contribution in [0.4, 0.5) is 0 Å². The second kappa shape index (κ2) is 9.97. The van der Waals surface area contributed by atoms with Crippen molar-refractivity contribution in [3.8, 4) is 5.75 Å². The number of piperidine rings is 1. The molecule has 7 nitrogen and oxygen atoms in total. The molecule has 176 valence electrons. The third kappa shape index (κ3) is 5.07. The zero-order valence-electron chi connectivity index (χ0n) is 19.2. The van der Waals surface area contributed by atoms with Gasteiger partial charge in [0.2, 0.25) is 15.9 Å². The van der Waals surface area contributed by atoms with Gasteiger partial charge in [0.05, 0.1) is 17.4 Å². The first-order valence-corrected chi connectivity index (χ1v) is 12.9. The van der Waals surface area contributed by atoms with E-state index >= 15 is 0 Å². The first kappa shape index (κ1) is 23.3. The van der Waals surface area contributed by atoms with Crippen LogP contribution in [0.15, 0.2) is 59.6 Å². The zero-order chi connectivity index (χ0) is 23.4. The number of sulfonamides is 1. The molecule has 2 heterocycles. The van der Waals surface area contributed by atoms with Crippen molar-refractivity contribution in [3.63, 3.8) is 0 Å². The third-order valence-electron chi connectivity index (χ3n) is 6.18. The highest BCUT2D eigenvalue weighted by molar-refractivity contribution is 7.89. The minimum absolute atomic E-state index is 0.112. The monoisotopic (exact) mass is 469 g/mol. The molecule has 1 N–H and O–H groups in total. The molecule has 1 aliphatic heterocycles. The molecule has 0 radical (unpaired) electrons. The van der Waals surface area contributed by atoms with Crippen LogP contribution in [0.25, 0.3) is 10.9 Å². The maximum Gasteiger partial charge on any atom is 0.243 e. The number of nitrogens with one attached hydrogen (secondary N) is 1. The molecule has 1 aromatic heterocycles. The summed E-state index contributed by atoms with van der Waals surface area (Å²) in [5, 5.41) is 3.86. The lowest BCUT2D eigenvalue weighted by molar-refractivity contribution is -0.126. The van der Waals surface area contributed by atoms with Crippen molar-refractivity contribution in [2.75, 3.05) is 19.7 Å². The predicted octanol–water partition coefficient (Wildman–Crippen LogP) is 3.78. The third-order valence-corrected chi connectivity index (χ3v) is 8.04. The molecule has 8 heteroatoms. The first-order chi connectivity index (χ1) is 15.9. The predicted molar refractivity (Wildman–Crippen MR) is 129 cm³/mol. The fourth-order valence-corrected chi connectivity index (χ4v) is 5.90. The first-order valence-electron chi connectivity index (χ1n) is 11.5. The van der Waals surface area contributed by atoms with Crippen molar-refractivity contribution in [1.82, 2.24) is 14.2 Å². The van der Waals surface area contributed by atoms with E-state index in [9.17, 15) is 13.2 Å². The van der Waals surface area contributed by atoms with E-state index in [0.717, 1.165) is 28.8 Å². The minimum Gasteiger partial charge on any atom is -0.494 e. The summed E-state index contributed by atoms with van der Waals surface area (Å²) in [5.41, 5.74) is 1.99. The average Bonchev–Trinajstić information content (AvgIpc) is 3.26. The number of benzene rings is 2. The Balaban J connectivity index is 1.41. The van der Waals surface area contributed by atoms with Crippen LogP contribution in [0.3, 0.4) is 0 Å². The number of rotatable bonds is 8. The maximum absolute atomic E-state index is 13.3. The van der Waals surface area contributed by atoms with Gasteiger partial charge in [-0.15, -0.1) is 0 Å². The molecular formula is C25H31N3O4S. The van der Waals surface area contributed by atoms with Gasteiger partial charge < -0.3 is 14.6 Å². The number of carbonyl (C=O) groups excluding carboxylic acids is 1.